The first-order valence-corrected chi connectivity index (χ1v) is 11.5. The van der Waals surface area contributed by atoms with E-state index >= 15 is 0 Å². The zero-order valence-electron chi connectivity index (χ0n) is 19.7. The number of imidazole rings is 1. The van der Waals surface area contributed by atoms with Crippen molar-refractivity contribution in [3.8, 4) is 5.75 Å². The standard InChI is InChI=1S/C28H31N3O2/c1-19(2)23-9-5-8-12-26(23)33-18-17-31-25-11-7-6-10-24(25)30-27(31)21(4)29-28(32)22-15-13-20(3)14-16-22/h5-16,19,21H,17-18H2,1-4H3,(H,29,32). The zero-order chi connectivity index (χ0) is 23.4. The summed E-state index contributed by atoms with van der Waals surface area (Å²) in [4.78, 5) is 17.6. The van der Waals surface area contributed by atoms with Crippen LogP contribution in [-0.2, 0) is 6.54 Å². The maximum absolute atomic E-state index is 12.8. The summed E-state index contributed by atoms with van der Waals surface area (Å²) in [5.41, 5.74) is 4.91. The monoisotopic (exact) mass is 441 g/mol. The summed E-state index contributed by atoms with van der Waals surface area (Å²) in [6.45, 7) is 9.46. The Hall–Kier alpha value is -3.60. The number of aryl methyl sites for hydroxylation is 1. The molecule has 3 aromatic carbocycles. The fraction of sp³-hybridized carbons (Fsp3) is 0.286. The van der Waals surface area contributed by atoms with E-state index in [1.807, 2.05) is 74.5 Å². The summed E-state index contributed by atoms with van der Waals surface area (Å²) >= 11 is 0. The average Bonchev–Trinajstić information content (AvgIpc) is 3.18. The second kappa shape index (κ2) is 9.90. The zero-order valence-corrected chi connectivity index (χ0v) is 19.7. The van der Waals surface area contributed by atoms with Crippen molar-refractivity contribution in [2.75, 3.05) is 6.61 Å². The molecule has 4 rings (SSSR count). The maximum atomic E-state index is 12.8. The minimum absolute atomic E-state index is 0.108. The molecule has 0 saturated heterocycles. The molecule has 0 aliphatic rings. The van der Waals surface area contributed by atoms with Crippen molar-refractivity contribution < 1.29 is 9.53 Å². The van der Waals surface area contributed by atoms with E-state index < -0.39 is 0 Å². The van der Waals surface area contributed by atoms with Gasteiger partial charge in [-0.2, -0.15) is 0 Å². The number of carbonyl (C=O) groups is 1. The Morgan fingerprint density at radius 3 is 2.42 bits per heavy atom. The summed E-state index contributed by atoms with van der Waals surface area (Å²) in [5.74, 6) is 2.02. The van der Waals surface area contributed by atoms with E-state index in [4.69, 9.17) is 9.72 Å². The number of para-hydroxylation sites is 3. The maximum Gasteiger partial charge on any atom is 0.251 e. The van der Waals surface area contributed by atoms with Crippen LogP contribution >= 0.6 is 0 Å². The van der Waals surface area contributed by atoms with Crippen LogP contribution in [0.25, 0.3) is 11.0 Å². The topological polar surface area (TPSA) is 56.2 Å². The van der Waals surface area contributed by atoms with Crippen molar-refractivity contribution in [1.82, 2.24) is 14.9 Å². The fourth-order valence-electron chi connectivity index (χ4n) is 4.05. The van der Waals surface area contributed by atoms with Crippen LogP contribution in [0.3, 0.4) is 0 Å². The predicted octanol–water partition coefficient (Wildman–Crippen LogP) is 6.04. The van der Waals surface area contributed by atoms with Gasteiger partial charge in [0.1, 0.15) is 18.2 Å². The molecule has 1 aromatic heterocycles. The molecule has 0 bridgehead atoms. The quantitative estimate of drug-likeness (QED) is 0.363. The molecule has 0 radical (unpaired) electrons. The van der Waals surface area contributed by atoms with Crippen LogP contribution in [0.5, 0.6) is 5.75 Å². The van der Waals surface area contributed by atoms with E-state index in [1.165, 1.54) is 5.56 Å². The first-order chi connectivity index (χ1) is 15.9. The predicted molar refractivity (Wildman–Crippen MR) is 133 cm³/mol. The van der Waals surface area contributed by atoms with Crippen LogP contribution < -0.4 is 10.1 Å². The Morgan fingerprint density at radius 2 is 1.67 bits per heavy atom. The number of amides is 1. The van der Waals surface area contributed by atoms with Gasteiger partial charge in [0.25, 0.3) is 5.91 Å². The molecule has 4 aromatic rings. The Kier molecular flexibility index (Phi) is 6.78. The molecular weight excluding hydrogens is 410 g/mol. The largest absolute Gasteiger partial charge is 0.491 e. The van der Waals surface area contributed by atoms with Gasteiger partial charge in [-0.05, 0) is 55.7 Å². The number of ether oxygens (including phenoxy) is 1. The third-order valence-electron chi connectivity index (χ3n) is 5.85. The first-order valence-electron chi connectivity index (χ1n) is 11.5. The highest BCUT2D eigenvalue weighted by Crippen LogP contribution is 2.26. The van der Waals surface area contributed by atoms with Gasteiger partial charge in [0.15, 0.2) is 0 Å². The Balaban J connectivity index is 1.54. The molecule has 0 fully saturated rings. The fourth-order valence-corrected chi connectivity index (χ4v) is 4.05. The number of nitrogens with zero attached hydrogens (tertiary/aromatic N) is 2. The number of nitrogens with one attached hydrogen (secondary N) is 1. The lowest BCUT2D eigenvalue weighted by atomic mass is 10.0. The average molecular weight is 442 g/mol. The lowest BCUT2D eigenvalue weighted by Crippen LogP contribution is -2.29. The summed E-state index contributed by atoms with van der Waals surface area (Å²) in [6, 6.07) is 23.6. The molecule has 1 unspecified atom stereocenters. The third-order valence-corrected chi connectivity index (χ3v) is 5.85. The van der Waals surface area contributed by atoms with E-state index in [-0.39, 0.29) is 11.9 Å². The minimum atomic E-state index is -0.255. The van der Waals surface area contributed by atoms with Crippen molar-refractivity contribution in [3.05, 3.63) is 95.3 Å². The number of carbonyl (C=O) groups excluding carboxylic acids is 1. The van der Waals surface area contributed by atoms with Gasteiger partial charge < -0.3 is 14.6 Å². The van der Waals surface area contributed by atoms with Gasteiger partial charge in [0.2, 0.25) is 0 Å². The van der Waals surface area contributed by atoms with Crippen LogP contribution in [0.4, 0.5) is 0 Å². The molecule has 1 atom stereocenters. The second-order valence-corrected chi connectivity index (χ2v) is 8.71. The number of hydrogen-bond donors (Lipinski definition) is 1. The Morgan fingerprint density at radius 1 is 0.970 bits per heavy atom. The molecule has 5 nitrogen and oxygen atoms in total. The molecule has 0 aliphatic heterocycles. The summed E-state index contributed by atoms with van der Waals surface area (Å²) in [6.07, 6.45) is 0. The second-order valence-electron chi connectivity index (χ2n) is 8.71. The SMILES string of the molecule is Cc1ccc(C(=O)NC(C)c2nc3ccccc3n2CCOc2ccccc2C(C)C)cc1. The minimum Gasteiger partial charge on any atom is -0.491 e. The molecule has 1 heterocycles. The number of hydrogen-bond acceptors (Lipinski definition) is 3. The normalized spacial score (nSPS) is 12.2. The van der Waals surface area contributed by atoms with E-state index in [0.717, 1.165) is 28.2 Å². The highest BCUT2D eigenvalue weighted by atomic mass is 16.5. The third kappa shape index (κ3) is 5.08. The van der Waals surface area contributed by atoms with Crippen LogP contribution in [0, 0.1) is 6.92 Å². The van der Waals surface area contributed by atoms with Gasteiger partial charge >= 0.3 is 0 Å². The van der Waals surface area contributed by atoms with Crippen LogP contribution in [0.2, 0.25) is 0 Å². The molecule has 1 N–H and O–H groups in total. The lowest BCUT2D eigenvalue weighted by Gasteiger charge is -2.18. The van der Waals surface area contributed by atoms with E-state index in [1.54, 1.807) is 0 Å². The van der Waals surface area contributed by atoms with Crippen molar-refractivity contribution in [2.24, 2.45) is 0 Å². The highest BCUT2D eigenvalue weighted by molar-refractivity contribution is 5.94. The van der Waals surface area contributed by atoms with Crippen molar-refractivity contribution >= 4 is 16.9 Å². The van der Waals surface area contributed by atoms with E-state index in [2.05, 4.69) is 35.9 Å². The summed E-state index contributed by atoms with van der Waals surface area (Å²) in [5, 5.41) is 3.10. The van der Waals surface area contributed by atoms with Crippen LogP contribution in [0.1, 0.15) is 60.0 Å². The van der Waals surface area contributed by atoms with Gasteiger partial charge in [0, 0.05) is 5.56 Å². The highest BCUT2D eigenvalue weighted by Gasteiger charge is 2.19. The molecule has 170 valence electrons. The number of aromatic nitrogens is 2. The van der Waals surface area contributed by atoms with Gasteiger partial charge in [0.05, 0.1) is 23.6 Å². The molecule has 1 amide bonds. The first kappa shape index (κ1) is 22.6. The number of rotatable bonds is 8. The molecule has 0 spiro atoms. The van der Waals surface area contributed by atoms with Crippen molar-refractivity contribution in [3.63, 3.8) is 0 Å². The number of fused-ring (bicyclic) bond motifs is 1. The lowest BCUT2D eigenvalue weighted by molar-refractivity contribution is 0.0937. The smallest absolute Gasteiger partial charge is 0.251 e. The summed E-state index contributed by atoms with van der Waals surface area (Å²) in [7, 11) is 0. The van der Waals surface area contributed by atoms with Crippen LogP contribution in [0.15, 0.2) is 72.8 Å². The van der Waals surface area contributed by atoms with E-state index in [9.17, 15) is 4.79 Å². The number of benzene rings is 3. The van der Waals surface area contributed by atoms with Crippen molar-refractivity contribution in [1.29, 1.82) is 0 Å². The van der Waals surface area contributed by atoms with E-state index in [0.29, 0.717) is 24.6 Å². The molecule has 0 aliphatic carbocycles. The Labute approximate surface area is 195 Å². The van der Waals surface area contributed by atoms with Crippen molar-refractivity contribution in [2.45, 2.75) is 46.2 Å². The van der Waals surface area contributed by atoms with Gasteiger partial charge in [-0.15, -0.1) is 0 Å². The molecule has 5 heteroatoms. The van der Waals surface area contributed by atoms with Crippen LogP contribution in [-0.4, -0.2) is 22.1 Å². The Bertz CT molecular complexity index is 1240. The van der Waals surface area contributed by atoms with Gasteiger partial charge in [-0.1, -0.05) is 61.9 Å². The summed E-state index contributed by atoms with van der Waals surface area (Å²) < 4.78 is 8.33. The molecule has 0 saturated carbocycles. The molecular formula is C28H31N3O2. The van der Waals surface area contributed by atoms with Gasteiger partial charge in [-0.25, -0.2) is 4.98 Å². The van der Waals surface area contributed by atoms with Gasteiger partial charge in [-0.3, -0.25) is 4.79 Å². The molecule has 33 heavy (non-hydrogen) atoms.